The van der Waals surface area contributed by atoms with Gasteiger partial charge in [-0.2, -0.15) is 0 Å². The van der Waals surface area contributed by atoms with Gasteiger partial charge in [0.25, 0.3) is 0 Å². The zero-order valence-electron chi connectivity index (χ0n) is 16.1. The van der Waals surface area contributed by atoms with Crippen molar-refractivity contribution in [3.63, 3.8) is 0 Å². The molecule has 1 aliphatic rings. The van der Waals surface area contributed by atoms with Gasteiger partial charge in [-0.3, -0.25) is 9.69 Å². The minimum atomic E-state index is -0.815. The maximum atomic E-state index is 11.9. The molecule has 29 heavy (non-hydrogen) atoms. The molecule has 0 saturated heterocycles. The molecule has 0 atom stereocenters. The summed E-state index contributed by atoms with van der Waals surface area (Å²) in [6.07, 6.45) is 0.950. The number of nitrogens with zero attached hydrogens (tertiary/aromatic N) is 1. The summed E-state index contributed by atoms with van der Waals surface area (Å²) in [4.78, 5) is 37.9. The molecule has 0 aliphatic carbocycles. The number of ether oxygens (including phenoxy) is 3. The molecule has 0 fully saturated rings. The lowest BCUT2D eigenvalue weighted by Crippen LogP contribution is -2.26. The standard InChI is InChI=1S/C21H19NO6S/c1-5-19(24)26-13-6-8-15-17(10-13)29-18-11-14(7-9-16(18)22(15)12-23)27-20(25)28-21(2,3)4/h5-12H,1H2,2-4H3. The predicted molar refractivity (Wildman–Crippen MR) is 108 cm³/mol. The molecule has 0 radical (unpaired) electrons. The van der Waals surface area contributed by atoms with E-state index in [-0.39, 0.29) is 5.75 Å². The molecule has 7 nitrogen and oxygen atoms in total. The number of fused-ring (bicyclic) bond motifs is 2. The fourth-order valence-corrected chi connectivity index (χ4v) is 3.69. The maximum absolute atomic E-state index is 11.9. The Hall–Kier alpha value is -3.26. The average Bonchev–Trinajstić information content (AvgIpc) is 2.64. The summed E-state index contributed by atoms with van der Waals surface area (Å²) in [7, 11) is 0. The third-order valence-corrected chi connectivity index (χ3v) is 4.78. The molecular formula is C21H19NO6S. The highest BCUT2D eigenvalue weighted by Gasteiger charge is 2.25. The molecule has 3 rings (SSSR count). The van der Waals surface area contributed by atoms with Gasteiger partial charge in [0.2, 0.25) is 6.41 Å². The lowest BCUT2D eigenvalue weighted by molar-refractivity contribution is -0.129. The minimum Gasteiger partial charge on any atom is -0.428 e. The minimum absolute atomic E-state index is 0.286. The summed E-state index contributed by atoms with van der Waals surface area (Å²) in [6.45, 7) is 8.60. The van der Waals surface area contributed by atoms with Crippen molar-refractivity contribution >= 4 is 41.7 Å². The van der Waals surface area contributed by atoms with E-state index in [1.54, 1.807) is 57.2 Å². The Balaban J connectivity index is 1.89. The first-order chi connectivity index (χ1) is 13.7. The molecule has 0 spiro atoms. The number of carbonyl (C=O) groups excluding carboxylic acids is 3. The highest BCUT2D eigenvalue weighted by Crippen LogP contribution is 2.49. The van der Waals surface area contributed by atoms with Gasteiger partial charge in [0.05, 0.1) is 11.4 Å². The van der Waals surface area contributed by atoms with Crippen LogP contribution in [-0.4, -0.2) is 24.1 Å². The van der Waals surface area contributed by atoms with Crippen molar-refractivity contribution in [2.45, 2.75) is 36.2 Å². The summed E-state index contributed by atoms with van der Waals surface area (Å²) in [5.74, 6) is 0.0390. The summed E-state index contributed by atoms with van der Waals surface area (Å²) in [5.41, 5.74) is 0.619. The second-order valence-electron chi connectivity index (χ2n) is 7.03. The number of hydrogen-bond donors (Lipinski definition) is 0. The van der Waals surface area contributed by atoms with Crippen LogP contribution in [0, 0.1) is 0 Å². The fraction of sp³-hybridized carbons (Fsp3) is 0.190. The first kappa shape index (κ1) is 20.5. The number of esters is 1. The lowest BCUT2D eigenvalue weighted by atomic mass is 10.2. The Morgan fingerprint density at radius 1 is 1.00 bits per heavy atom. The van der Waals surface area contributed by atoms with Crippen molar-refractivity contribution in [2.24, 2.45) is 0 Å². The van der Waals surface area contributed by atoms with Gasteiger partial charge in [-0.1, -0.05) is 18.3 Å². The average molecular weight is 413 g/mol. The number of carbonyl (C=O) groups is 3. The molecular weight excluding hydrogens is 394 g/mol. The molecule has 0 N–H and O–H groups in total. The van der Waals surface area contributed by atoms with Gasteiger partial charge in [-0.05, 0) is 57.2 Å². The number of amides is 1. The lowest BCUT2D eigenvalue weighted by Gasteiger charge is -2.28. The molecule has 150 valence electrons. The normalized spacial score (nSPS) is 12.3. The molecule has 0 unspecified atom stereocenters. The van der Waals surface area contributed by atoms with Crippen molar-refractivity contribution in [3.8, 4) is 11.5 Å². The summed E-state index contributed by atoms with van der Waals surface area (Å²) < 4.78 is 15.5. The van der Waals surface area contributed by atoms with Gasteiger partial charge in [0.15, 0.2) is 0 Å². The van der Waals surface area contributed by atoms with Crippen LogP contribution in [0.4, 0.5) is 16.2 Å². The molecule has 1 heterocycles. The van der Waals surface area contributed by atoms with Gasteiger partial charge >= 0.3 is 12.1 Å². The Morgan fingerprint density at radius 2 is 1.55 bits per heavy atom. The molecule has 1 amide bonds. The number of rotatable bonds is 4. The van der Waals surface area contributed by atoms with Crippen LogP contribution in [0.3, 0.4) is 0 Å². The van der Waals surface area contributed by atoms with Gasteiger partial charge in [0.1, 0.15) is 17.1 Å². The number of benzene rings is 2. The number of anilines is 2. The van der Waals surface area contributed by atoms with Crippen LogP contribution in [0.1, 0.15) is 20.8 Å². The molecule has 1 aliphatic heterocycles. The van der Waals surface area contributed by atoms with E-state index in [1.165, 1.54) is 16.7 Å². The van der Waals surface area contributed by atoms with Crippen LogP contribution < -0.4 is 14.4 Å². The van der Waals surface area contributed by atoms with Crippen LogP contribution >= 0.6 is 11.8 Å². The molecule has 2 aromatic rings. The predicted octanol–water partition coefficient (Wildman–Crippen LogP) is 4.85. The first-order valence-electron chi connectivity index (χ1n) is 8.66. The van der Waals surface area contributed by atoms with E-state index >= 15 is 0 Å². The highest BCUT2D eigenvalue weighted by molar-refractivity contribution is 7.99. The first-order valence-corrected chi connectivity index (χ1v) is 9.47. The van der Waals surface area contributed by atoms with Crippen molar-refractivity contribution in [3.05, 3.63) is 49.1 Å². The summed E-state index contributed by atoms with van der Waals surface area (Å²) in [5, 5.41) is 0. The topological polar surface area (TPSA) is 82.1 Å². The largest absolute Gasteiger partial charge is 0.514 e. The highest BCUT2D eigenvalue weighted by atomic mass is 32.2. The summed E-state index contributed by atoms with van der Waals surface area (Å²) in [6, 6.07) is 9.86. The van der Waals surface area contributed by atoms with Crippen LogP contribution in [0.2, 0.25) is 0 Å². The third-order valence-electron chi connectivity index (χ3n) is 3.68. The van der Waals surface area contributed by atoms with E-state index < -0.39 is 17.7 Å². The molecule has 0 saturated carbocycles. The molecule has 0 aromatic heterocycles. The maximum Gasteiger partial charge on any atom is 0.514 e. The van der Waals surface area contributed by atoms with Crippen molar-refractivity contribution < 1.29 is 28.6 Å². The van der Waals surface area contributed by atoms with Crippen molar-refractivity contribution in [1.29, 1.82) is 0 Å². The zero-order chi connectivity index (χ0) is 21.2. The van der Waals surface area contributed by atoms with Gasteiger partial charge in [0, 0.05) is 15.9 Å². The number of hydrogen-bond acceptors (Lipinski definition) is 7. The van der Waals surface area contributed by atoms with E-state index in [2.05, 4.69) is 6.58 Å². The Morgan fingerprint density at radius 3 is 2.03 bits per heavy atom. The third kappa shape index (κ3) is 4.78. The van der Waals surface area contributed by atoms with Crippen LogP contribution in [0.5, 0.6) is 11.5 Å². The Kier molecular flexibility index (Phi) is 5.65. The van der Waals surface area contributed by atoms with Gasteiger partial charge in [-0.25, -0.2) is 9.59 Å². The van der Waals surface area contributed by atoms with Crippen molar-refractivity contribution in [2.75, 3.05) is 4.90 Å². The quantitative estimate of drug-likeness (QED) is 0.233. The molecule has 0 bridgehead atoms. The van der Waals surface area contributed by atoms with E-state index in [1.807, 2.05) is 0 Å². The Bertz CT molecular complexity index is 995. The fourth-order valence-electron chi connectivity index (χ4n) is 2.56. The van der Waals surface area contributed by atoms with E-state index in [4.69, 9.17) is 14.2 Å². The van der Waals surface area contributed by atoms with E-state index in [0.717, 1.165) is 6.08 Å². The monoisotopic (exact) mass is 413 g/mol. The second-order valence-corrected chi connectivity index (χ2v) is 8.11. The summed E-state index contributed by atoms with van der Waals surface area (Å²) >= 11 is 1.36. The molecule has 2 aromatic carbocycles. The molecule has 8 heteroatoms. The second kappa shape index (κ2) is 8.00. The SMILES string of the molecule is C=CC(=O)Oc1ccc2c(c1)Sc1cc(OC(=O)OC(C)(C)C)ccc1N2C=O. The zero-order valence-corrected chi connectivity index (χ0v) is 16.9. The van der Waals surface area contributed by atoms with Crippen molar-refractivity contribution in [1.82, 2.24) is 0 Å². The smallest absolute Gasteiger partial charge is 0.428 e. The van der Waals surface area contributed by atoms with Crippen LogP contribution in [-0.2, 0) is 14.3 Å². The van der Waals surface area contributed by atoms with Gasteiger partial charge < -0.3 is 14.2 Å². The van der Waals surface area contributed by atoms with E-state index in [9.17, 15) is 14.4 Å². The van der Waals surface area contributed by atoms with Crippen LogP contribution in [0.15, 0.2) is 58.8 Å². The van der Waals surface area contributed by atoms with E-state index in [0.29, 0.717) is 33.3 Å². The Labute approximate surface area is 172 Å². The van der Waals surface area contributed by atoms with Crippen LogP contribution in [0.25, 0.3) is 0 Å². The van der Waals surface area contributed by atoms with Gasteiger partial charge in [-0.15, -0.1) is 0 Å².